The summed E-state index contributed by atoms with van der Waals surface area (Å²) in [7, 11) is 3.19. The number of rotatable bonds is 7. The molecule has 0 aliphatic heterocycles. The van der Waals surface area contributed by atoms with E-state index in [2.05, 4.69) is 15.4 Å². The second-order valence-electron chi connectivity index (χ2n) is 6.37. The summed E-state index contributed by atoms with van der Waals surface area (Å²) in [4.78, 5) is 16.9. The van der Waals surface area contributed by atoms with Gasteiger partial charge >= 0.3 is 0 Å². The lowest BCUT2D eigenvalue weighted by atomic mass is 10.2. The Bertz CT molecular complexity index is 1180. The van der Waals surface area contributed by atoms with Crippen LogP contribution < -0.4 is 14.8 Å². The molecule has 0 unspecified atom stereocenters. The third kappa shape index (κ3) is 4.18. The van der Waals surface area contributed by atoms with Crippen molar-refractivity contribution < 1.29 is 14.3 Å². The van der Waals surface area contributed by atoms with Crippen molar-refractivity contribution in [3.8, 4) is 11.5 Å². The summed E-state index contributed by atoms with van der Waals surface area (Å²) >= 11 is 1.54. The molecule has 0 saturated carbocycles. The second-order valence-corrected chi connectivity index (χ2v) is 7.43. The number of para-hydroxylation sites is 2. The van der Waals surface area contributed by atoms with Crippen LogP contribution in [-0.2, 0) is 11.3 Å². The first-order chi connectivity index (χ1) is 14.7. The summed E-state index contributed by atoms with van der Waals surface area (Å²) in [6.07, 6.45) is 4.83. The Kier molecular flexibility index (Phi) is 5.76. The quantitative estimate of drug-likeness (QED) is 0.453. The Labute approximate surface area is 177 Å². The number of carbonyl (C=O) groups is 1. The largest absolute Gasteiger partial charge is 0.493 e. The average molecular weight is 420 g/mol. The predicted octanol–water partition coefficient (Wildman–Crippen LogP) is 4.21. The molecule has 152 valence electrons. The number of ether oxygens (including phenoxy) is 2. The highest BCUT2D eigenvalue weighted by molar-refractivity contribution is 7.19. The van der Waals surface area contributed by atoms with Crippen LogP contribution in [0.3, 0.4) is 0 Å². The van der Waals surface area contributed by atoms with Gasteiger partial charge in [-0.15, -0.1) is 11.3 Å². The van der Waals surface area contributed by atoms with E-state index in [-0.39, 0.29) is 5.91 Å². The number of benzene rings is 2. The van der Waals surface area contributed by atoms with Crippen LogP contribution in [0, 0.1) is 0 Å². The zero-order chi connectivity index (χ0) is 20.9. The summed E-state index contributed by atoms with van der Waals surface area (Å²) in [5.74, 6) is 1.61. The number of amides is 1. The fourth-order valence-corrected chi connectivity index (χ4v) is 3.95. The lowest BCUT2D eigenvalue weighted by Gasteiger charge is -2.14. The van der Waals surface area contributed by atoms with Gasteiger partial charge < -0.3 is 14.8 Å². The van der Waals surface area contributed by atoms with Crippen molar-refractivity contribution in [2.24, 2.45) is 0 Å². The zero-order valence-corrected chi connectivity index (χ0v) is 17.3. The van der Waals surface area contributed by atoms with E-state index in [1.807, 2.05) is 42.5 Å². The lowest BCUT2D eigenvalue weighted by molar-refractivity contribution is -0.111. The van der Waals surface area contributed by atoms with Crippen LogP contribution in [0.1, 0.15) is 10.6 Å². The molecule has 0 atom stereocenters. The summed E-state index contributed by atoms with van der Waals surface area (Å²) in [6.45, 7) is 0.421. The highest BCUT2D eigenvalue weighted by Crippen LogP contribution is 2.31. The van der Waals surface area contributed by atoms with Gasteiger partial charge in [0.05, 0.1) is 37.2 Å². The molecule has 0 spiro atoms. The predicted molar refractivity (Wildman–Crippen MR) is 118 cm³/mol. The number of hydrogen-bond donors (Lipinski definition) is 1. The van der Waals surface area contributed by atoms with Gasteiger partial charge in [-0.3, -0.25) is 4.79 Å². The number of hydrogen-bond acceptors (Lipinski definition) is 6. The fourth-order valence-electron chi connectivity index (χ4n) is 3.08. The van der Waals surface area contributed by atoms with Gasteiger partial charge in [-0.25, -0.2) is 9.67 Å². The molecule has 4 rings (SSSR count). The SMILES string of the molecule is COc1cccc(Cn2nccc2NC(=O)/C=C/c2nc3ccccc3s2)c1OC. The molecule has 0 aliphatic rings. The summed E-state index contributed by atoms with van der Waals surface area (Å²) < 4.78 is 13.6. The molecule has 30 heavy (non-hydrogen) atoms. The molecule has 8 heteroatoms. The fraction of sp³-hybridized carbons (Fsp3) is 0.136. The van der Waals surface area contributed by atoms with Crippen molar-refractivity contribution in [3.63, 3.8) is 0 Å². The third-order valence-electron chi connectivity index (χ3n) is 4.46. The molecule has 0 fully saturated rings. The van der Waals surface area contributed by atoms with E-state index in [1.54, 1.807) is 37.2 Å². The zero-order valence-electron chi connectivity index (χ0n) is 16.5. The van der Waals surface area contributed by atoms with Gasteiger partial charge in [-0.2, -0.15) is 5.10 Å². The van der Waals surface area contributed by atoms with E-state index >= 15 is 0 Å². The molecule has 0 aliphatic carbocycles. The van der Waals surface area contributed by atoms with Crippen molar-refractivity contribution in [3.05, 3.63) is 71.4 Å². The third-order valence-corrected chi connectivity index (χ3v) is 5.46. The molecule has 0 saturated heterocycles. The van der Waals surface area contributed by atoms with Gasteiger partial charge in [-0.05, 0) is 24.3 Å². The van der Waals surface area contributed by atoms with Crippen LogP contribution in [0.25, 0.3) is 16.3 Å². The lowest BCUT2D eigenvalue weighted by Crippen LogP contribution is -2.14. The summed E-state index contributed by atoms with van der Waals surface area (Å²) in [5, 5.41) is 7.95. The monoisotopic (exact) mass is 420 g/mol. The van der Waals surface area contributed by atoms with Crippen molar-refractivity contribution in [2.45, 2.75) is 6.54 Å². The van der Waals surface area contributed by atoms with E-state index in [0.29, 0.717) is 23.9 Å². The maximum absolute atomic E-state index is 12.4. The number of thiazole rings is 1. The maximum atomic E-state index is 12.4. The van der Waals surface area contributed by atoms with Crippen LogP contribution in [0.2, 0.25) is 0 Å². The highest BCUT2D eigenvalue weighted by atomic mass is 32.1. The van der Waals surface area contributed by atoms with Crippen molar-refractivity contribution >= 4 is 39.4 Å². The van der Waals surface area contributed by atoms with E-state index < -0.39 is 0 Å². The molecule has 1 amide bonds. The van der Waals surface area contributed by atoms with E-state index in [1.165, 1.54) is 17.4 Å². The molecule has 1 N–H and O–H groups in total. The number of aromatic nitrogens is 3. The molecule has 0 bridgehead atoms. The van der Waals surface area contributed by atoms with Gasteiger partial charge in [-0.1, -0.05) is 24.3 Å². The van der Waals surface area contributed by atoms with E-state index in [4.69, 9.17) is 9.47 Å². The van der Waals surface area contributed by atoms with Gasteiger partial charge in [0.15, 0.2) is 11.5 Å². The number of methoxy groups -OCH3 is 2. The number of nitrogens with zero attached hydrogens (tertiary/aromatic N) is 3. The maximum Gasteiger partial charge on any atom is 0.249 e. The van der Waals surface area contributed by atoms with Gasteiger partial charge in [0.2, 0.25) is 5.91 Å². The topological polar surface area (TPSA) is 78.3 Å². The Morgan fingerprint density at radius 2 is 2.00 bits per heavy atom. The molecule has 0 radical (unpaired) electrons. The first-order valence-corrected chi connectivity index (χ1v) is 10.1. The molecule has 7 nitrogen and oxygen atoms in total. The minimum atomic E-state index is -0.256. The van der Waals surface area contributed by atoms with E-state index in [9.17, 15) is 4.79 Å². The molecular formula is C22H20N4O3S. The van der Waals surface area contributed by atoms with Crippen molar-refractivity contribution in [1.29, 1.82) is 0 Å². The average Bonchev–Trinajstić information content (AvgIpc) is 3.38. The van der Waals surface area contributed by atoms with Crippen LogP contribution in [0.5, 0.6) is 11.5 Å². The summed E-state index contributed by atoms with van der Waals surface area (Å²) in [5.41, 5.74) is 1.81. The Morgan fingerprint density at radius 1 is 1.13 bits per heavy atom. The Morgan fingerprint density at radius 3 is 2.80 bits per heavy atom. The van der Waals surface area contributed by atoms with Crippen LogP contribution in [-0.4, -0.2) is 34.9 Å². The first kappa shape index (κ1) is 19.7. The normalized spacial score (nSPS) is 11.1. The molecule has 4 aromatic rings. The number of nitrogens with one attached hydrogen (secondary N) is 1. The van der Waals surface area contributed by atoms with Gasteiger partial charge in [0.1, 0.15) is 10.8 Å². The molecule has 2 aromatic carbocycles. The number of carbonyl (C=O) groups excluding carboxylic acids is 1. The summed E-state index contributed by atoms with van der Waals surface area (Å²) in [6, 6.07) is 15.3. The number of anilines is 1. The smallest absolute Gasteiger partial charge is 0.249 e. The van der Waals surface area contributed by atoms with Gasteiger partial charge in [0.25, 0.3) is 0 Å². The molecular weight excluding hydrogens is 400 g/mol. The van der Waals surface area contributed by atoms with Crippen LogP contribution >= 0.6 is 11.3 Å². The minimum absolute atomic E-state index is 0.256. The number of fused-ring (bicyclic) bond motifs is 1. The molecule has 2 heterocycles. The Balaban J connectivity index is 1.48. The van der Waals surface area contributed by atoms with Crippen LogP contribution in [0.15, 0.2) is 60.8 Å². The highest BCUT2D eigenvalue weighted by Gasteiger charge is 2.13. The van der Waals surface area contributed by atoms with Crippen molar-refractivity contribution in [1.82, 2.24) is 14.8 Å². The first-order valence-electron chi connectivity index (χ1n) is 9.24. The van der Waals surface area contributed by atoms with Crippen LogP contribution in [0.4, 0.5) is 5.82 Å². The van der Waals surface area contributed by atoms with Crippen molar-refractivity contribution in [2.75, 3.05) is 19.5 Å². The second kappa shape index (κ2) is 8.79. The Hall–Kier alpha value is -3.65. The molecule has 2 aromatic heterocycles. The standard InChI is InChI=1S/C22H20N4O3S/c1-28-17-8-5-6-15(22(17)29-2)14-26-19(12-13-23-26)25-20(27)10-11-21-24-16-7-3-4-9-18(16)30-21/h3-13H,14H2,1-2H3,(H,25,27)/b11-10+. The minimum Gasteiger partial charge on any atom is -0.493 e. The van der Waals surface area contributed by atoms with E-state index in [0.717, 1.165) is 20.8 Å². The van der Waals surface area contributed by atoms with Gasteiger partial charge in [0, 0.05) is 17.7 Å².